The first-order valence-electron chi connectivity index (χ1n) is 15.1. The quantitative estimate of drug-likeness (QED) is 0.313. The highest BCUT2D eigenvalue weighted by molar-refractivity contribution is 7.87. The second kappa shape index (κ2) is 12.2. The summed E-state index contributed by atoms with van der Waals surface area (Å²) in [4.78, 5) is 53.8. The number of rotatable bonds is 8. The molecule has 5 heterocycles. The molecule has 1 aliphatic carbocycles. The lowest BCUT2D eigenvalue weighted by Crippen LogP contribution is -2.55. The minimum absolute atomic E-state index is 0.0140. The largest absolute Gasteiger partial charge is 0.368 e. The van der Waals surface area contributed by atoms with Crippen molar-refractivity contribution in [2.24, 2.45) is 0 Å². The Hall–Kier alpha value is -3.95. The van der Waals surface area contributed by atoms with Crippen LogP contribution in [0.15, 0.2) is 29.3 Å². The summed E-state index contributed by atoms with van der Waals surface area (Å²) < 4.78 is 30.7. The molecule has 44 heavy (non-hydrogen) atoms. The molecule has 1 saturated carbocycles. The molecular formula is C29H37N9O5S. The summed E-state index contributed by atoms with van der Waals surface area (Å²) in [5.41, 5.74) is 1.80. The molecule has 0 spiro atoms. The lowest BCUT2D eigenvalue weighted by Gasteiger charge is -2.35. The summed E-state index contributed by atoms with van der Waals surface area (Å²) in [7, 11) is -3.91. The number of amides is 1. The van der Waals surface area contributed by atoms with Crippen LogP contribution < -0.4 is 25.8 Å². The fraction of sp³-hybridized carbons (Fsp3) is 0.517. The highest BCUT2D eigenvalue weighted by Crippen LogP contribution is 2.32. The molecule has 15 heteroatoms. The first-order valence-corrected chi connectivity index (χ1v) is 16.5. The van der Waals surface area contributed by atoms with Gasteiger partial charge in [-0.3, -0.25) is 19.0 Å². The molecule has 14 nitrogen and oxygen atoms in total. The Morgan fingerprint density at radius 3 is 2.39 bits per heavy atom. The molecule has 3 aromatic heterocycles. The second-order valence-corrected chi connectivity index (χ2v) is 13.3. The number of aryl methyl sites for hydroxylation is 1. The van der Waals surface area contributed by atoms with Crippen molar-refractivity contribution in [3.8, 4) is 0 Å². The average molecular weight is 624 g/mol. The van der Waals surface area contributed by atoms with Crippen molar-refractivity contribution in [2.45, 2.75) is 64.5 Å². The summed E-state index contributed by atoms with van der Waals surface area (Å²) in [5.74, 6) is 0.0154. The SMILES string of the molecule is CC(=O)c1c(C)c2cnc(Nc3ccc(N4CCN(S(=O)(=O)NC(=O)[C@H]5CCCN5)CC4)cn3)nc2n(C2CCCC2)c1=O. The van der Waals surface area contributed by atoms with Gasteiger partial charge in [-0.15, -0.1) is 0 Å². The molecule has 0 unspecified atom stereocenters. The Labute approximate surface area is 255 Å². The van der Waals surface area contributed by atoms with Crippen LogP contribution >= 0.6 is 0 Å². The second-order valence-electron chi connectivity index (χ2n) is 11.6. The van der Waals surface area contributed by atoms with Crippen molar-refractivity contribution in [3.63, 3.8) is 0 Å². The average Bonchev–Trinajstić information content (AvgIpc) is 3.73. The standard InChI is InChI=1S/C29H37N9O5S/c1-18-22-17-32-29(34-26(22)38(20-6-3-4-7-20)28(41)25(18)19(2)39)33-24-10-9-21(16-31-24)36-12-14-37(15-13-36)44(42,43)35-27(40)23-8-5-11-30-23/h9-10,16-17,20,23,30H,3-8,11-15H2,1-2H3,(H,35,40)(H,31,32,33,34)/t23-/m1/s1. The van der Waals surface area contributed by atoms with Crippen LogP contribution in [0.3, 0.4) is 0 Å². The van der Waals surface area contributed by atoms with E-state index in [1.165, 1.54) is 11.2 Å². The van der Waals surface area contributed by atoms with Crippen LogP contribution in [-0.2, 0) is 15.0 Å². The van der Waals surface area contributed by atoms with E-state index < -0.39 is 22.2 Å². The predicted octanol–water partition coefficient (Wildman–Crippen LogP) is 1.79. The summed E-state index contributed by atoms with van der Waals surface area (Å²) in [6, 6.07) is 3.19. The van der Waals surface area contributed by atoms with Crippen molar-refractivity contribution >= 4 is 50.4 Å². The molecule has 2 aliphatic heterocycles. The van der Waals surface area contributed by atoms with Gasteiger partial charge in [0.1, 0.15) is 11.5 Å². The van der Waals surface area contributed by atoms with Crippen molar-refractivity contribution in [3.05, 3.63) is 46.0 Å². The van der Waals surface area contributed by atoms with E-state index in [0.717, 1.165) is 37.8 Å². The number of anilines is 3. The fourth-order valence-corrected chi connectivity index (χ4v) is 7.60. The molecule has 3 fully saturated rings. The van der Waals surface area contributed by atoms with Gasteiger partial charge < -0.3 is 15.5 Å². The summed E-state index contributed by atoms with van der Waals surface area (Å²) in [5, 5.41) is 6.81. The van der Waals surface area contributed by atoms with Gasteiger partial charge >= 0.3 is 10.2 Å². The number of aromatic nitrogens is 4. The van der Waals surface area contributed by atoms with Crippen LogP contribution in [0.2, 0.25) is 0 Å². The molecule has 3 aromatic rings. The van der Waals surface area contributed by atoms with E-state index in [9.17, 15) is 22.8 Å². The van der Waals surface area contributed by atoms with Crippen LogP contribution in [-0.4, -0.2) is 82.7 Å². The van der Waals surface area contributed by atoms with Gasteiger partial charge in [0.2, 0.25) is 5.95 Å². The topological polar surface area (TPSA) is 172 Å². The molecule has 0 aromatic carbocycles. The van der Waals surface area contributed by atoms with Crippen molar-refractivity contribution in [2.75, 3.05) is 42.9 Å². The fourth-order valence-electron chi connectivity index (χ4n) is 6.43. The van der Waals surface area contributed by atoms with Gasteiger partial charge in [-0.1, -0.05) is 12.8 Å². The smallest absolute Gasteiger partial charge is 0.303 e. The van der Waals surface area contributed by atoms with E-state index >= 15 is 0 Å². The Balaban J connectivity index is 1.14. The molecule has 3 N–H and O–H groups in total. The van der Waals surface area contributed by atoms with E-state index in [0.29, 0.717) is 48.5 Å². The van der Waals surface area contributed by atoms with Gasteiger partial charge in [0.25, 0.3) is 11.5 Å². The van der Waals surface area contributed by atoms with E-state index in [2.05, 4.69) is 25.3 Å². The molecule has 6 rings (SSSR count). The molecule has 1 atom stereocenters. The third-order valence-electron chi connectivity index (χ3n) is 8.79. The molecule has 1 amide bonds. The van der Waals surface area contributed by atoms with Crippen molar-refractivity contribution in [1.29, 1.82) is 0 Å². The number of piperazine rings is 1. The molecule has 2 saturated heterocycles. The number of pyridine rings is 2. The summed E-state index contributed by atoms with van der Waals surface area (Å²) in [6.07, 6.45) is 8.57. The number of carbonyl (C=O) groups excluding carboxylic acids is 2. The van der Waals surface area contributed by atoms with E-state index in [1.54, 1.807) is 30.0 Å². The monoisotopic (exact) mass is 623 g/mol. The molecule has 3 aliphatic rings. The third-order valence-corrected chi connectivity index (χ3v) is 10.3. The summed E-state index contributed by atoms with van der Waals surface area (Å²) in [6.45, 7) is 5.24. The van der Waals surface area contributed by atoms with E-state index in [4.69, 9.17) is 4.98 Å². The van der Waals surface area contributed by atoms with Crippen LogP contribution in [0.4, 0.5) is 17.5 Å². The van der Waals surface area contributed by atoms with Crippen LogP contribution in [0.25, 0.3) is 11.0 Å². The van der Waals surface area contributed by atoms with Gasteiger partial charge in [0, 0.05) is 43.8 Å². The van der Waals surface area contributed by atoms with Gasteiger partial charge in [-0.05, 0) is 63.8 Å². The zero-order valence-corrected chi connectivity index (χ0v) is 25.7. The highest BCUT2D eigenvalue weighted by atomic mass is 32.2. The lowest BCUT2D eigenvalue weighted by molar-refractivity contribution is -0.121. The number of carbonyl (C=O) groups is 2. The molecule has 234 valence electrons. The van der Waals surface area contributed by atoms with E-state index in [1.807, 2.05) is 11.0 Å². The number of hydrogen-bond acceptors (Lipinski definition) is 11. The number of nitrogens with zero attached hydrogens (tertiary/aromatic N) is 6. The Bertz CT molecular complexity index is 1740. The van der Waals surface area contributed by atoms with Crippen LogP contribution in [0, 0.1) is 6.92 Å². The van der Waals surface area contributed by atoms with Gasteiger partial charge in [0.15, 0.2) is 5.78 Å². The van der Waals surface area contributed by atoms with Crippen molar-refractivity contribution < 1.29 is 18.0 Å². The zero-order valence-electron chi connectivity index (χ0n) is 24.9. The zero-order chi connectivity index (χ0) is 31.0. The van der Waals surface area contributed by atoms with Gasteiger partial charge in [0.05, 0.1) is 23.5 Å². The minimum atomic E-state index is -3.91. The van der Waals surface area contributed by atoms with Crippen LogP contribution in [0.1, 0.15) is 67.4 Å². The lowest BCUT2D eigenvalue weighted by atomic mass is 10.0. The third kappa shape index (κ3) is 5.90. The van der Waals surface area contributed by atoms with Gasteiger partial charge in [-0.25, -0.2) is 14.7 Å². The normalized spacial score (nSPS) is 19.9. The first kappa shape index (κ1) is 30.1. The van der Waals surface area contributed by atoms with Gasteiger partial charge in [-0.2, -0.15) is 17.7 Å². The number of Topliss-reactive ketones (excluding diaryl/α,β-unsaturated/α-hetero) is 1. The number of nitrogens with one attached hydrogen (secondary N) is 3. The number of fused-ring (bicyclic) bond motifs is 1. The Kier molecular flexibility index (Phi) is 8.35. The van der Waals surface area contributed by atoms with E-state index in [-0.39, 0.29) is 42.0 Å². The van der Waals surface area contributed by atoms with Crippen LogP contribution in [0.5, 0.6) is 0 Å². The Morgan fingerprint density at radius 1 is 1.00 bits per heavy atom. The summed E-state index contributed by atoms with van der Waals surface area (Å²) >= 11 is 0. The number of ketones is 1. The molecular weight excluding hydrogens is 586 g/mol. The highest BCUT2D eigenvalue weighted by Gasteiger charge is 2.32. The number of hydrogen-bond donors (Lipinski definition) is 3. The first-order chi connectivity index (χ1) is 21.1. The minimum Gasteiger partial charge on any atom is -0.368 e. The predicted molar refractivity (Wildman–Crippen MR) is 165 cm³/mol. The maximum atomic E-state index is 13.5. The molecule has 0 radical (unpaired) electrons. The maximum absolute atomic E-state index is 13.5. The molecule has 0 bridgehead atoms. The van der Waals surface area contributed by atoms with Crippen molar-refractivity contribution in [1.82, 2.24) is 33.9 Å². The Morgan fingerprint density at radius 2 is 1.75 bits per heavy atom. The maximum Gasteiger partial charge on any atom is 0.303 e.